The van der Waals surface area contributed by atoms with Gasteiger partial charge in [-0.25, -0.2) is 8.42 Å². The SMILES string of the molecule is COCC(N)C(=O)N1CCN(S(=O)(=O)c2ccc(C)cc2)CC1.Cl. The standard InChI is InChI=1S/C15H23N3O4S.ClH/c1-12-3-5-13(6-4-12)23(20,21)18-9-7-17(8-10-18)15(19)14(16)11-22-2;/h3-6,14H,7-11,16H2,1-2H3;1H. The van der Waals surface area contributed by atoms with E-state index in [4.69, 9.17) is 10.5 Å². The van der Waals surface area contributed by atoms with Crippen molar-refractivity contribution in [3.63, 3.8) is 0 Å². The maximum Gasteiger partial charge on any atom is 0.243 e. The first-order valence-corrected chi connectivity index (χ1v) is 8.90. The summed E-state index contributed by atoms with van der Waals surface area (Å²) in [6.07, 6.45) is 0. The summed E-state index contributed by atoms with van der Waals surface area (Å²) in [6, 6.07) is 6.06. The number of piperazine rings is 1. The van der Waals surface area contributed by atoms with E-state index in [0.717, 1.165) is 5.56 Å². The molecule has 2 N–H and O–H groups in total. The lowest BCUT2D eigenvalue weighted by Crippen LogP contribution is -2.55. The lowest BCUT2D eigenvalue weighted by molar-refractivity contribution is -0.134. The molecule has 1 unspecified atom stereocenters. The number of halogens is 1. The molecular formula is C15H24ClN3O4S. The Kier molecular flexibility index (Phi) is 7.62. The number of nitrogens with two attached hydrogens (primary N) is 1. The Morgan fingerprint density at radius 1 is 1.21 bits per heavy atom. The highest BCUT2D eigenvalue weighted by Crippen LogP contribution is 2.18. The van der Waals surface area contributed by atoms with E-state index >= 15 is 0 Å². The molecule has 1 aromatic rings. The van der Waals surface area contributed by atoms with Gasteiger partial charge in [0.25, 0.3) is 0 Å². The molecule has 1 atom stereocenters. The quantitative estimate of drug-likeness (QED) is 0.792. The predicted octanol–water partition coefficient (Wildman–Crippen LogP) is 0.223. The summed E-state index contributed by atoms with van der Waals surface area (Å²) in [7, 11) is -2.03. The Hall–Kier alpha value is -1.19. The van der Waals surface area contributed by atoms with Crippen molar-refractivity contribution in [3.8, 4) is 0 Å². The van der Waals surface area contributed by atoms with Crippen molar-refractivity contribution in [1.29, 1.82) is 0 Å². The molecular weight excluding hydrogens is 354 g/mol. The first kappa shape index (κ1) is 20.9. The van der Waals surface area contributed by atoms with Crippen LogP contribution in [0.2, 0.25) is 0 Å². The first-order chi connectivity index (χ1) is 10.9. The fraction of sp³-hybridized carbons (Fsp3) is 0.533. The van der Waals surface area contributed by atoms with Gasteiger partial charge in [-0.3, -0.25) is 4.79 Å². The van der Waals surface area contributed by atoms with E-state index in [0.29, 0.717) is 13.1 Å². The molecule has 0 radical (unpaired) electrons. The molecule has 1 aliphatic rings. The van der Waals surface area contributed by atoms with Gasteiger partial charge in [0.15, 0.2) is 0 Å². The molecule has 1 heterocycles. The van der Waals surface area contributed by atoms with Crippen LogP contribution in [0.1, 0.15) is 5.56 Å². The average molecular weight is 378 g/mol. The Bertz CT molecular complexity index is 643. The summed E-state index contributed by atoms with van der Waals surface area (Å²) in [5.41, 5.74) is 6.74. The molecule has 0 aliphatic carbocycles. The molecule has 2 rings (SSSR count). The van der Waals surface area contributed by atoms with Gasteiger partial charge in [-0.1, -0.05) is 17.7 Å². The average Bonchev–Trinajstić information content (AvgIpc) is 2.55. The summed E-state index contributed by atoms with van der Waals surface area (Å²) in [4.78, 5) is 14.0. The van der Waals surface area contributed by atoms with E-state index in [2.05, 4.69) is 0 Å². The minimum atomic E-state index is -3.52. The van der Waals surface area contributed by atoms with Gasteiger partial charge in [0.05, 0.1) is 11.5 Å². The van der Waals surface area contributed by atoms with E-state index in [-0.39, 0.29) is 42.9 Å². The highest BCUT2D eigenvalue weighted by molar-refractivity contribution is 7.89. The Labute approximate surface area is 149 Å². The molecule has 0 aromatic heterocycles. The number of nitrogens with zero attached hydrogens (tertiary/aromatic N) is 2. The number of carbonyl (C=O) groups excluding carboxylic acids is 1. The predicted molar refractivity (Wildman–Crippen MR) is 93.6 cm³/mol. The van der Waals surface area contributed by atoms with Crippen LogP contribution < -0.4 is 5.73 Å². The third-order valence-corrected chi connectivity index (χ3v) is 5.79. The molecule has 1 aliphatic heterocycles. The second-order valence-electron chi connectivity index (χ2n) is 5.60. The number of ether oxygens (including phenoxy) is 1. The topological polar surface area (TPSA) is 92.9 Å². The fourth-order valence-electron chi connectivity index (χ4n) is 2.49. The molecule has 0 saturated carbocycles. The van der Waals surface area contributed by atoms with E-state index in [1.165, 1.54) is 11.4 Å². The van der Waals surface area contributed by atoms with Gasteiger partial charge in [0.1, 0.15) is 6.04 Å². The maximum absolute atomic E-state index is 12.6. The summed E-state index contributed by atoms with van der Waals surface area (Å²) in [5.74, 6) is -0.209. The van der Waals surface area contributed by atoms with Gasteiger partial charge in [-0.05, 0) is 19.1 Å². The van der Waals surface area contributed by atoms with E-state index in [9.17, 15) is 13.2 Å². The maximum atomic E-state index is 12.6. The third-order valence-electron chi connectivity index (χ3n) is 3.87. The van der Waals surface area contributed by atoms with Crippen molar-refractivity contribution in [2.24, 2.45) is 5.73 Å². The summed E-state index contributed by atoms with van der Waals surface area (Å²) < 4.78 is 31.5. The van der Waals surface area contributed by atoms with Crippen molar-refractivity contribution < 1.29 is 17.9 Å². The van der Waals surface area contributed by atoms with E-state index in [1.807, 2.05) is 6.92 Å². The van der Waals surface area contributed by atoms with Gasteiger partial charge in [-0.2, -0.15) is 4.31 Å². The molecule has 24 heavy (non-hydrogen) atoms. The number of hydrogen-bond acceptors (Lipinski definition) is 5. The van der Waals surface area contributed by atoms with Crippen molar-refractivity contribution in [1.82, 2.24) is 9.21 Å². The molecule has 1 amide bonds. The van der Waals surface area contributed by atoms with Gasteiger partial charge in [-0.15, -0.1) is 12.4 Å². The van der Waals surface area contributed by atoms with Crippen LogP contribution in [0.15, 0.2) is 29.2 Å². The van der Waals surface area contributed by atoms with Crippen molar-refractivity contribution >= 4 is 28.3 Å². The minimum Gasteiger partial charge on any atom is -0.383 e. The van der Waals surface area contributed by atoms with Gasteiger partial charge in [0, 0.05) is 33.3 Å². The number of hydrogen-bond donors (Lipinski definition) is 1. The van der Waals surface area contributed by atoms with Crippen molar-refractivity contribution in [3.05, 3.63) is 29.8 Å². The smallest absolute Gasteiger partial charge is 0.243 e. The monoisotopic (exact) mass is 377 g/mol. The number of aryl methyl sites for hydroxylation is 1. The van der Waals surface area contributed by atoms with Crippen LogP contribution in [0, 0.1) is 6.92 Å². The number of rotatable bonds is 5. The zero-order valence-electron chi connectivity index (χ0n) is 13.8. The number of sulfonamides is 1. The Morgan fingerprint density at radius 3 is 2.25 bits per heavy atom. The largest absolute Gasteiger partial charge is 0.383 e. The van der Waals surface area contributed by atoms with Gasteiger partial charge in [0.2, 0.25) is 15.9 Å². The fourth-order valence-corrected chi connectivity index (χ4v) is 3.92. The third kappa shape index (κ3) is 4.67. The molecule has 1 saturated heterocycles. The molecule has 0 spiro atoms. The van der Waals surface area contributed by atoms with Crippen LogP contribution in [0.25, 0.3) is 0 Å². The number of benzene rings is 1. The van der Waals surface area contributed by atoms with E-state index < -0.39 is 16.1 Å². The summed E-state index contributed by atoms with van der Waals surface area (Å²) in [6.45, 7) is 3.26. The van der Waals surface area contributed by atoms with E-state index in [1.54, 1.807) is 29.2 Å². The highest BCUT2D eigenvalue weighted by Gasteiger charge is 2.31. The van der Waals surface area contributed by atoms with Crippen LogP contribution in [0.4, 0.5) is 0 Å². The lowest BCUT2D eigenvalue weighted by atomic mass is 10.2. The molecule has 1 aromatic carbocycles. The Balaban J connectivity index is 0.00000288. The summed E-state index contributed by atoms with van der Waals surface area (Å²) in [5, 5.41) is 0. The number of methoxy groups -OCH3 is 1. The molecule has 7 nitrogen and oxygen atoms in total. The van der Waals surface area contributed by atoms with Crippen LogP contribution in [-0.2, 0) is 19.6 Å². The molecule has 136 valence electrons. The lowest BCUT2D eigenvalue weighted by Gasteiger charge is -2.35. The normalized spacial score (nSPS) is 17.2. The highest BCUT2D eigenvalue weighted by atomic mass is 35.5. The zero-order valence-corrected chi connectivity index (χ0v) is 15.5. The van der Waals surface area contributed by atoms with Crippen molar-refractivity contribution in [2.75, 3.05) is 39.9 Å². The molecule has 9 heteroatoms. The molecule has 1 fully saturated rings. The van der Waals surface area contributed by atoms with Crippen molar-refractivity contribution in [2.45, 2.75) is 17.9 Å². The Morgan fingerprint density at radius 2 is 1.75 bits per heavy atom. The van der Waals surface area contributed by atoms with Crippen LogP contribution in [-0.4, -0.2) is 69.5 Å². The number of amides is 1. The number of carbonyl (C=O) groups is 1. The van der Waals surface area contributed by atoms with Gasteiger partial charge >= 0.3 is 0 Å². The molecule has 0 bridgehead atoms. The second-order valence-corrected chi connectivity index (χ2v) is 7.54. The minimum absolute atomic E-state index is 0. The van der Waals surface area contributed by atoms with Crippen LogP contribution >= 0.6 is 12.4 Å². The van der Waals surface area contributed by atoms with Crippen LogP contribution in [0.3, 0.4) is 0 Å². The van der Waals surface area contributed by atoms with Gasteiger partial charge < -0.3 is 15.4 Å². The summed E-state index contributed by atoms with van der Waals surface area (Å²) >= 11 is 0. The zero-order chi connectivity index (χ0) is 17.0. The second kappa shape index (κ2) is 8.77. The first-order valence-electron chi connectivity index (χ1n) is 7.46. The van der Waals surface area contributed by atoms with Crippen LogP contribution in [0.5, 0.6) is 0 Å².